The topological polar surface area (TPSA) is 80.9 Å². The zero-order chi connectivity index (χ0) is 13.1. The monoisotopic (exact) mass is 276 g/mol. The van der Waals surface area contributed by atoms with Crippen LogP contribution in [0.2, 0.25) is 10.3 Å². The van der Waals surface area contributed by atoms with Crippen molar-refractivity contribution in [1.29, 1.82) is 0 Å². The van der Waals surface area contributed by atoms with Crippen molar-refractivity contribution in [3.8, 4) is 0 Å². The number of carbonyl (C=O) groups is 1. The fourth-order valence-electron chi connectivity index (χ4n) is 1.26. The average Bonchev–Trinajstić information content (AvgIpc) is 2.32. The molecule has 1 heterocycles. The van der Waals surface area contributed by atoms with E-state index < -0.39 is 5.54 Å². The maximum absolute atomic E-state index is 12.0. The molecule has 94 valence electrons. The van der Waals surface area contributed by atoms with Crippen molar-refractivity contribution in [2.75, 3.05) is 5.32 Å². The SMILES string of the molecule is CCC(N)(CC)C(=O)Nc1c(Cl)ncnc1Cl. The highest BCUT2D eigenvalue weighted by Crippen LogP contribution is 2.27. The Morgan fingerprint density at radius 2 is 1.82 bits per heavy atom. The third kappa shape index (κ3) is 3.06. The van der Waals surface area contributed by atoms with E-state index in [1.807, 2.05) is 13.8 Å². The highest BCUT2D eigenvalue weighted by atomic mass is 35.5. The molecule has 3 N–H and O–H groups in total. The van der Waals surface area contributed by atoms with Gasteiger partial charge in [0.05, 0.1) is 5.54 Å². The molecule has 17 heavy (non-hydrogen) atoms. The first-order valence-corrected chi connectivity index (χ1v) is 5.96. The van der Waals surface area contributed by atoms with E-state index in [1.54, 1.807) is 0 Å². The Bertz CT molecular complexity index is 401. The first-order chi connectivity index (χ1) is 7.94. The van der Waals surface area contributed by atoms with Gasteiger partial charge in [0, 0.05) is 0 Å². The summed E-state index contributed by atoms with van der Waals surface area (Å²) in [7, 11) is 0. The van der Waals surface area contributed by atoms with E-state index in [4.69, 9.17) is 28.9 Å². The summed E-state index contributed by atoms with van der Waals surface area (Å²) in [5.41, 5.74) is 5.20. The Morgan fingerprint density at radius 3 is 2.24 bits per heavy atom. The van der Waals surface area contributed by atoms with E-state index in [1.165, 1.54) is 6.33 Å². The van der Waals surface area contributed by atoms with Crippen LogP contribution in [0.25, 0.3) is 0 Å². The quantitative estimate of drug-likeness (QED) is 0.827. The molecule has 0 unspecified atom stereocenters. The molecule has 1 rings (SSSR count). The molecule has 0 saturated carbocycles. The van der Waals surface area contributed by atoms with Gasteiger partial charge in [-0.25, -0.2) is 9.97 Å². The van der Waals surface area contributed by atoms with Gasteiger partial charge in [0.1, 0.15) is 12.0 Å². The number of nitrogens with two attached hydrogens (primary N) is 1. The molecule has 0 aliphatic heterocycles. The Labute approximate surface area is 110 Å². The predicted molar refractivity (Wildman–Crippen MR) is 68.2 cm³/mol. The summed E-state index contributed by atoms with van der Waals surface area (Å²) in [5.74, 6) is -0.346. The minimum Gasteiger partial charge on any atom is -0.319 e. The fraction of sp³-hybridized carbons (Fsp3) is 0.500. The second-order valence-corrected chi connectivity index (χ2v) is 4.36. The molecule has 0 saturated heterocycles. The number of halogens is 2. The highest BCUT2D eigenvalue weighted by Gasteiger charge is 2.31. The molecule has 0 atom stereocenters. The van der Waals surface area contributed by atoms with E-state index in [0.29, 0.717) is 12.8 Å². The van der Waals surface area contributed by atoms with Gasteiger partial charge < -0.3 is 11.1 Å². The maximum atomic E-state index is 12.0. The highest BCUT2D eigenvalue weighted by molar-refractivity contribution is 6.38. The van der Waals surface area contributed by atoms with Crippen molar-refractivity contribution in [2.24, 2.45) is 5.73 Å². The van der Waals surface area contributed by atoms with Crippen molar-refractivity contribution in [1.82, 2.24) is 9.97 Å². The number of amides is 1. The molecular weight excluding hydrogens is 263 g/mol. The zero-order valence-corrected chi connectivity index (χ0v) is 11.1. The molecule has 0 aliphatic carbocycles. The molecule has 1 amide bonds. The molecule has 0 fully saturated rings. The molecule has 0 radical (unpaired) electrons. The van der Waals surface area contributed by atoms with Gasteiger partial charge in [-0.1, -0.05) is 37.0 Å². The third-order valence-corrected chi connectivity index (χ3v) is 3.28. The number of nitrogens with zero attached hydrogens (tertiary/aromatic N) is 2. The second-order valence-electron chi connectivity index (χ2n) is 3.65. The van der Waals surface area contributed by atoms with E-state index in [2.05, 4.69) is 15.3 Å². The molecule has 1 aromatic heterocycles. The first kappa shape index (κ1) is 14.2. The van der Waals surface area contributed by atoms with Gasteiger partial charge in [-0.3, -0.25) is 4.79 Å². The first-order valence-electron chi connectivity index (χ1n) is 5.21. The summed E-state index contributed by atoms with van der Waals surface area (Å²) in [5, 5.41) is 2.75. The van der Waals surface area contributed by atoms with Gasteiger partial charge >= 0.3 is 0 Å². The maximum Gasteiger partial charge on any atom is 0.244 e. The van der Waals surface area contributed by atoms with Crippen LogP contribution in [0.15, 0.2) is 6.33 Å². The predicted octanol–water partition coefficient (Wildman–Crippen LogP) is 2.24. The Balaban J connectivity index is 2.96. The van der Waals surface area contributed by atoms with Gasteiger partial charge in [0.2, 0.25) is 5.91 Å². The average molecular weight is 277 g/mol. The lowest BCUT2D eigenvalue weighted by atomic mass is 9.93. The molecule has 0 bridgehead atoms. The lowest BCUT2D eigenvalue weighted by Crippen LogP contribution is -2.50. The molecule has 0 aliphatic rings. The summed E-state index contributed by atoms with van der Waals surface area (Å²) in [4.78, 5) is 19.5. The van der Waals surface area contributed by atoms with Crippen LogP contribution >= 0.6 is 23.2 Å². The van der Waals surface area contributed by atoms with Crippen LogP contribution in [-0.4, -0.2) is 21.4 Å². The molecule has 5 nitrogen and oxygen atoms in total. The van der Waals surface area contributed by atoms with Crippen molar-refractivity contribution < 1.29 is 4.79 Å². The number of nitrogens with one attached hydrogen (secondary N) is 1. The van der Waals surface area contributed by atoms with Crippen molar-refractivity contribution in [3.63, 3.8) is 0 Å². The van der Waals surface area contributed by atoms with Crippen molar-refractivity contribution in [2.45, 2.75) is 32.2 Å². The minimum atomic E-state index is -0.942. The van der Waals surface area contributed by atoms with Crippen molar-refractivity contribution in [3.05, 3.63) is 16.6 Å². The van der Waals surface area contributed by atoms with Gasteiger partial charge in [0.25, 0.3) is 0 Å². The van der Waals surface area contributed by atoms with Crippen LogP contribution in [0.1, 0.15) is 26.7 Å². The van der Waals surface area contributed by atoms with Crippen LogP contribution in [0.5, 0.6) is 0 Å². The van der Waals surface area contributed by atoms with Gasteiger partial charge in [-0.05, 0) is 12.8 Å². The molecule has 7 heteroatoms. The normalized spacial score (nSPS) is 11.4. The Morgan fingerprint density at radius 1 is 1.35 bits per heavy atom. The van der Waals surface area contributed by atoms with Gasteiger partial charge in [-0.15, -0.1) is 0 Å². The van der Waals surface area contributed by atoms with Gasteiger partial charge in [0.15, 0.2) is 10.3 Å². The smallest absolute Gasteiger partial charge is 0.244 e. The van der Waals surface area contributed by atoms with E-state index in [-0.39, 0.29) is 21.9 Å². The van der Waals surface area contributed by atoms with Crippen LogP contribution < -0.4 is 11.1 Å². The fourth-order valence-corrected chi connectivity index (χ4v) is 1.67. The Hall–Kier alpha value is -0.910. The summed E-state index contributed by atoms with van der Waals surface area (Å²) in [6.45, 7) is 3.68. The molecule has 0 spiro atoms. The summed E-state index contributed by atoms with van der Waals surface area (Å²) in [6.07, 6.45) is 2.24. The van der Waals surface area contributed by atoms with E-state index in [0.717, 1.165) is 0 Å². The van der Waals surface area contributed by atoms with E-state index in [9.17, 15) is 4.79 Å². The van der Waals surface area contributed by atoms with E-state index >= 15 is 0 Å². The van der Waals surface area contributed by atoms with Crippen LogP contribution in [0.3, 0.4) is 0 Å². The number of hydrogen-bond acceptors (Lipinski definition) is 4. The molecular formula is C10H14Cl2N4O. The standard InChI is InChI=1S/C10H14Cl2N4O/c1-3-10(13,4-2)9(17)16-6-7(11)14-5-15-8(6)12/h5H,3-4,13H2,1-2H3,(H,16,17). The molecule has 1 aromatic rings. The largest absolute Gasteiger partial charge is 0.319 e. The number of anilines is 1. The zero-order valence-electron chi connectivity index (χ0n) is 9.63. The van der Waals surface area contributed by atoms with Crippen molar-refractivity contribution >= 4 is 34.8 Å². The Kier molecular flexibility index (Phi) is 4.68. The van der Waals surface area contributed by atoms with Crippen LogP contribution in [0.4, 0.5) is 5.69 Å². The second kappa shape index (κ2) is 5.62. The van der Waals surface area contributed by atoms with Crippen LogP contribution in [-0.2, 0) is 4.79 Å². The summed E-state index contributed by atoms with van der Waals surface area (Å²) >= 11 is 11.6. The minimum absolute atomic E-state index is 0.0907. The lowest BCUT2D eigenvalue weighted by molar-refractivity contribution is -0.121. The summed E-state index contributed by atoms with van der Waals surface area (Å²) in [6, 6.07) is 0. The number of hydrogen-bond donors (Lipinski definition) is 2. The number of rotatable bonds is 4. The van der Waals surface area contributed by atoms with Gasteiger partial charge in [-0.2, -0.15) is 0 Å². The van der Waals surface area contributed by atoms with Crippen LogP contribution in [0, 0.1) is 0 Å². The third-order valence-electron chi connectivity index (χ3n) is 2.71. The number of aromatic nitrogens is 2. The summed E-state index contributed by atoms with van der Waals surface area (Å²) < 4.78 is 0. The molecule has 0 aromatic carbocycles. The number of carbonyl (C=O) groups excluding carboxylic acids is 1. The lowest BCUT2D eigenvalue weighted by Gasteiger charge is -2.25.